The van der Waals surface area contributed by atoms with Crippen LogP contribution in [0.3, 0.4) is 0 Å². The smallest absolute Gasteiger partial charge is 0.231 e. The number of rotatable bonds is 2. The van der Waals surface area contributed by atoms with Crippen LogP contribution in [0.25, 0.3) is 0 Å². The van der Waals surface area contributed by atoms with Crippen LogP contribution in [0, 0.1) is 0 Å². The molecule has 1 saturated carbocycles. The average Bonchev–Trinajstić information content (AvgIpc) is 2.73. The van der Waals surface area contributed by atoms with Gasteiger partial charge in [0.05, 0.1) is 0 Å². The lowest BCUT2D eigenvalue weighted by molar-refractivity contribution is 0.173. The highest BCUT2D eigenvalue weighted by molar-refractivity contribution is 9.10. The second-order valence-electron chi connectivity index (χ2n) is 4.34. The molecule has 0 bridgehead atoms. The van der Waals surface area contributed by atoms with Gasteiger partial charge >= 0.3 is 0 Å². The lowest BCUT2D eigenvalue weighted by atomic mass is 10.0. The van der Waals surface area contributed by atoms with Crippen molar-refractivity contribution in [1.82, 2.24) is 0 Å². The summed E-state index contributed by atoms with van der Waals surface area (Å²) in [5, 5.41) is 0. The van der Waals surface area contributed by atoms with Gasteiger partial charge in [-0.15, -0.1) is 0 Å². The normalized spacial score (nSPS) is 20.4. The highest BCUT2D eigenvalue weighted by Crippen LogP contribution is 2.43. The lowest BCUT2D eigenvalue weighted by Crippen LogP contribution is -2.24. The van der Waals surface area contributed by atoms with Gasteiger partial charge in [-0.3, -0.25) is 0 Å². The molecule has 0 unspecified atom stereocenters. The molecule has 2 aliphatic rings. The molecule has 0 radical (unpaired) electrons. The largest absolute Gasteiger partial charge is 0.454 e. The standard InChI is InChI=1S/C11H12BrNO2/c12-8-3-7(5-11(13)1-2-11)10-9(4-8)14-6-15-10/h3-4H,1-2,5-6,13H2. The van der Waals surface area contributed by atoms with Gasteiger partial charge in [-0.1, -0.05) is 15.9 Å². The molecule has 0 amide bonds. The maximum absolute atomic E-state index is 6.11. The number of fused-ring (bicyclic) bond motifs is 1. The van der Waals surface area contributed by atoms with Crippen molar-refractivity contribution in [3.05, 3.63) is 22.2 Å². The Kier molecular flexibility index (Phi) is 1.97. The van der Waals surface area contributed by atoms with Gasteiger partial charge in [0.1, 0.15) is 0 Å². The summed E-state index contributed by atoms with van der Waals surface area (Å²) in [5.41, 5.74) is 7.26. The van der Waals surface area contributed by atoms with Crippen molar-refractivity contribution < 1.29 is 9.47 Å². The van der Waals surface area contributed by atoms with Crippen LogP contribution in [0.2, 0.25) is 0 Å². The third-order valence-electron chi connectivity index (χ3n) is 2.95. The molecule has 1 heterocycles. The van der Waals surface area contributed by atoms with Crippen LogP contribution >= 0.6 is 15.9 Å². The summed E-state index contributed by atoms with van der Waals surface area (Å²) in [6.45, 7) is 0.316. The molecule has 3 nitrogen and oxygen atoms in total. The minimum absolute atomic E-state index is 0.000509. The molecule has 2 N–H and O–H groups in total. The Hall–Kier alpha value is -0.740. The van der Waals surface area contributed by atoms with Gasteiger partial charge in [0.25, 0.3) is 0 Å². The predicted octanol–water partition coefficient (Wildman–Crippen LogP) is 2.21. The summed E-state index contributed by atoms with van der Waals surface area (Å²) in [4.78, 5) is 0. The van der Waals surface area contributed by atoms with Crippen molar-refractivity contribution in [1.29, 1.82) is 0 Å². The third kappa shape index (κ3) is 1.72. The monoisotopic (exact) mass is 269 g/mol. The fourth-order valence-electron chi connectivity index (χ4n) is 1.89. The van der Waals surface area contributed by atoms with Crippen LogP contribution in [0.4, 0.5) is 0 Å². The number of ether oxygens (including phenoxy) is 2. The van der Waals surface area contributed by atoms with E-state index in [9.17, 15) is 0 Å². The van der Waals surface area contributed by atoms with Gasteiger partial charge in [0.2, 0.25) is 6.79 Å². The summed E-state index contributed by atoms with van der Waals surface area (Å²) in [5.74, 6) is 1.69. The van der Waals surface area contributed by atoms with Crippen LogP contribution < -0.4 is 15.2 Å². The van der Waals surface area contributed by atoms with Crippen LogP contribution in [0.5, 0.6) is 11.5 Å². The van der Waals surface area contributed by atoms with E-state index in [0.717, 1.165) is 40.8 Å². The maximum Gasteiger partial charge on any atom is 0.231 e. The van der Waals surface area contributed by atoms with Gasteiger partial charge in [-0.05, 0) is 31.4 Å². The molecule has 0 atom stereocenters. The highest BCUT2D eigenvalue weighted by atomic mass is 79.9. The molecule has 15 heavy (non-hydrogen) atoms. The molecule has 1 aliphatic heterocycles. The van der Waals surface area contributed by atoms with Crippen LogP contribution in [-0.4, -0.2) is 12.3 Å². The van der Waals surface area contributed by atoms with E-state index in [0.29, 0.717) is 6.79 Å². The zero-order valence-electron chi connectivity index (χ0n) is 8.25. The number of hydrogen-bond acceptors (Lipinski definition) is 3. The molecule has 1 aromatic rings. The molecule has 80 valence electrons. The van der Waals surface area contributed by atoms with Crippen molar-refractivity contribution in [3.63, 3.8) is 0 Å². The van der Waals surface area contributed by atoms with Crippen LogP contribution in [-0.2, 0) is 6.42 Å². The lowest BCUT2D eigenvalue weighted by Gasteiger charge is -2.11. The molecule has 1 aliphatic carbocycles. The molecule has 0 aromatic heterocycles. The Morgan fingerprint density at radius 2 is 2.13 bits per heavy atom. The summed E-state index contributed by atoms with van der Waals surface area (Å²) in [6.07, 6.45) is 3.09. The quantitative estimate of drug-likeness (QED) is 0.896. The van der Waals surface area contributed by atoms with Gasteiger partial charge in [0, 0.05) is 15.6 Å². The zero-order chi connectivity index (χ0) is 10.5. The van der Waals surface area contributed by atoms with E-state index in [1.807, 2.05) is 6.07 Å². The van der Waals surface area contributed by atoms with Crippen molar-refractivity contribution in [3.8, 4) is 11.5 Å². The highest BCUT2D eigenvalue weighted by Gasteiger charge is 2.39. The van der Waals surface area contributed by atoms with E-state index in [4.69, 9.17) is 15.2 Å². The second kappa shape index (κ2) is 3.12. The Balaban J connectivity index is 1.99. The van der Waals surface area contributed by atoms with Crippen molar-refractivity contribution in [2.75, 3.05) is 6.79 Å². The van der Waals surface area contributed by atoms with E-state index >= 15 is 0 Å². The first kappa shape index (κ1) is 9.48. The first-order valence-corrected chi connectivity index (χ1v) is 5.83. The summed E-state index contributed by atoms with van der Waals surface area (Å²) in [7, 11) is 0. The number of nitrogens with two attached hydrogens (primary N) is 1. The molecular weight excluding hydrogens is 258 g/mol. The fourth-order valence-corrected chi connectivity index (χ4v) is 2.38. The van der Waals surface area contributed by atoms with E-state index < -0.39 is 0 Å². The Morgan fingerprint density at radius 3 is 2.87 bits per heavy atom. The number of halogens is 1. The fraction of sp³-hybridized carbons (Fsp3) is 0.455. The van der Waals surface area contributed by atoms with E-state index in [-0.39, 0.29) is 5.54 Å². The molecular formula is C11H12BrNO2. The minimum Gasteiger partial charge on any atom is -0.454 e. The molecule has 0 saturated heterocycles. The van der Waals surface area contributed by atoms with Gasteiger partial charge < -0.3 is 15.2 Å². The Labute approximate surface area is 96.7 Å². The Morgan fingerprint density at radius 1 is 1.33 bits per heavy atom. The summed E-state index contributed by atoms with van der Waals surface area (Å²) >= 11 is 3.47. The second-order valence-corrected chi connectivity index (χ2v) is 5.25. The maximum atomic E-state index is 6.11. The zero-order valence-corrected chi connectivity index (χ0v) is 9.84. The minimum atomic E-state index is 0.000509. The first-order valence-electron chi connectivity index (χ1n) is 5.03. The summed E-state index contributed by atoms with van der Waals surface area (Å²) in [6, 6.07) is 4.00. The van der Waals surface area contributed by atoms with Crippen molar-refractivity contribution in [2.45, 2.75) is 24.8 Å². The van der Waals surface area contributed by atoms with Gasteiger partial charge in [-0.25, -0.2) is 0 Å². The van der Waals surface area contributed by atoms with Gasteiger partial charge in [0.15, 0.2) is 11.5 Å². The average molecular weight is 270 g/mol. The van der Waals surface area contributed by atoms with Gasteiger partial charge in [-0.2, -0.15) is 0 Å². The van der Waals surface area contributed by atoms with Crippen molar-refractivity contribution in [2.24, 2.45) is 5.73 Å². The molecule has 1 aromatic carbocycles. The van der Waals surface area contributed by atoms with Crippen molar-refractivity contribution >= 4 is 15.9 Å². The molecule has 0 spiro atoms. The number of benzene rings is 1. The van der Waals surface area contributed by atoms with E-state index in [1.165, 1.54) is 0 Å². The van der Waals surface area contributed by atoms with E-state index in [1.54, 1.807) is 0 Å². The van der Waals surface area contributed by atoms with Crippen LogP contribution in [0.1, 0.15) is 18.4 Å². The topological polar surface area (TPSA) is 44.5 Å². The van der Waals surface area contributed by atoms with Crippen LogP contribution in [0.15, 0.2) is 16.6 Å². The molecule has 4 heteroatoms. The third-order valence-corrected chi connectivity index (χ3v) is 3.41. The first-order chi connectivity index (χ1) is 7.16. The summed E-state index contributed by atoms with van der Waals surface area (Å²) < 4.78 is 11.8. The predicted molar refractivity (Wildman–Crippen MR) is 60.1 cm³/mol. The number of hydrogen-bond donors (Lipinski definition) is 1. The molecule has 1 fully saturated rings. The van der Waals surface area contributed by atoms with E-state index in [2.05, 4.69) is 22.0 Å². The Bertz CT molecular complexity index is 415. The SMILES string of the molecule is NC1(Cc2cc(Br)cc3c2OCO3)CC1. The molecule has 3 rings (SSSR count).